The van der Waals surface area contributed by atoms with Crippen molar-refractivity contribution in [1.82, 2.24) is 5.32 Å². The number of rotatable bonds is 7. The maximum absolute atomic E-state index is 11.5. The summed E-state index contributed by atoms with van der Waals surface area (Å²) in [6, 6.07) is 6.09. The van der Waals surface area contributed by atoms with Gasteiger partial charge in [-0.3, -0.25) is 4.79 Å². The van der Waals surface area contributed by atoms with Crippen LogP contribution in [0.5, 0.6) is 5.75 Å². The maximum atomic E-state index is 11.5. The third-order valence-corrected chi connectivity index (χ3v) is 2.78. The smallest absolute Gasteiger partial charge is 0.223 e. The topological polar surface area (TPSA) is 38.3 Å². The van der Waals surface area contributed by atoms with Gasteiger partial charge in [0.25, 0.3) is 0 Å². The van der Waals surface area contributed by atoms with Gasteiger partial charge in [0.1, 0.15) is 5.75 Å². The highest BCUT2D eigenvalue weighted by atomic mass is 16.5. The summed E-state index contributed by atoms with van der Waals surface area (Å²) in [5, 5.41) is 2.88. The molecule has 18 heavy (non-hydrogen) atoms. The SMILES string of the molecule is CCCCNC(=O)CCOc1cc(C)ccc1C. The van der Waals surface area contributed by atoms with Crippen LogP contribution in [0.4, 0.5) is 0 Å². The Kier molecular flexibility index (Phi) is 6.26. The fourth-order valence-corrected chi connectivity index (χ4v) is 1.61. The molecular weight excluding hydrogens is 226 g/mol. The minimum absolute atomic E-state index is 0.0637. The van der Waals surface area contributed by atoms with Crippen molar-refractivity contribution in [1.29, 1.82) is 0 Å². The standard InChI is InChI=1S/C15H23NO2/c1-4-5-9-16-15(17)8-10-18-14-11-12(2)6-7-13(14)3/h6-7,11H,4-5,8-10H2,1-3H3,(H,16,17). The van der Waals surface area contributed by atoms with Crippen LogP contribution < -0.4 is 10.1 Å². The summed E-state index contributed by atoms with van der Waals surface area (Å²) in [6.07, 6.45) is 2.54. The fourth-order valence-electron chi connectivity index (χ4n) is 1.61. The molecule has 0 saturated heterocycles. The third kappa shape index (κ3) is 5.21. The van der Waals surface area contributed by atoms with E-state index < -0.39 is 0 Å². The summed E-state index contributed by atoms with van der Waals surface area (Å²) in [5.41, 5.74) is 2.27. The number of hydrogen-bond acceptors (Lipinski definition) is 2. The number of unbranched alkanes of at least 4 members (excludes halogenated alkanes) is 1. The zero-order valence-corrected chi connectivity index (χ0v) is 11.6. The molecule has 0 bridgehead atoms. The van der Waals surface area contributed by atoms with E-state index in [4.69, 9.17) is 4.74 Å². The van der Waals surface area contributed by atoms with Crippen molar-refractivity contribution in [2.24, 2.45) is 0 Å². The van der Waals surface area contributed by atoms with Crippen molar-refractivity contribution >= 4 is 5.91 Å². The molecule has 3 heteroatoms. The average Bonchev–Trinajstić information content (AvgIpc) is 2.34. The molecular formula is C15H23NO2. The van der Waals surface area contributed by atoms with Gasteiger partial charge in [-0.05, 0) is 37.5 Å². The monoisotopic (exact) mass is 249 g/mol. The first-order valence-corrected chi connectivity index (χ1v) is 6.60. The van der Waals surface area contributed by atoms with Crippen LogP contribution in [-0.2, 0) is 4.79 Å². The molecule has 0 unspecified atom stereocenters. The lowest BCUT2D eigenvalue weighted by Crippen LogP contribution is -2.25. The first-order valence-electron chi connectivity index (χ1n) is 6.60. The molecule has 0 radical (unpaired) electrons. The average molecular weight is 249 g/mol. The number of ether oxygens (including phenoxy) is 1. The minimum Gasteiger partial charge on any atom is -0.493 e. The van der Waals surface area contributed by atoms with E-state index in [1.54, 1.807) is 0 Å². The van der Waals surface area contributed by atoms with E-state index in [0.29, 0.717) is 13.0 Å². The molecule has 100 valence electrons. The van der Waals surface area contributed by atoms with Crippen molar-refractivity contribution in [3.63, 3.8) is 0 Å². The Labute approximate surface area is 110 Å². The molecule has 1 aromatic carbocycles. The minimum atomic E-state index is 0.0637. The Hall–Kier alpha value is -1.51. The van der Waals surface area contributed by atoms with E-state index in [9.17, 15) is 4.79 Å². The quantitative estimate of drug-likeness (QED) is 0.754. The van der Waals surface area contributed by atoms with Gasteiger partial charge in [0.05, 0.1) is 13.0 Å². The van der Waals surface area contributed by atoms with E-state index in [1.807, 2.05) is 26.0 Å². The molecule has 1 amide bonds. The molecule has 0 fully saturated rings. The van der Waals surface area contributed by atoms with Crippen molar-refractivity contribution < 1.29 is 9.53 Å². The van der Waals surface area contributed by atoms with Gasteiger partial charge in [-0.25, -0.2) is 0 Å². The Balaban J connectivity index is 2.28. The second-order valence-corrected chi connectivity index (χ2v) is 4.57. The van der Waals surface area contributed by atoms with Crippen LogP contribution in [0.15, 0.2) is 18.2 Å². The second kappa shape index (κ2) is 7.75. The number of benzene rings is 1. The molecule has 0 atom stereocenters. The van der Waals surface area contributed by atoms with Gasteiger partial charge in [0, 0.05) is 6.54 Å². The number of hydrogen-bond donors (Lipinski definition) is 1. The zero-order chi connectivity index (χ0) is 13.4. The zero-order valence-electron chi connectivity index (χ0n) is 11.6. The van der Waals surface area contributed by atoms with Crippen molar-refractivity contribution in [3.05, 3.63) is 29.3 Å². The predicted octanol–water partition coefficient (Wildman–Crippen LogP) is 2.99. The van der Waals surface area contributed by atoms with Gasteiger partial charge in [-0.15, -0.1) is 0 Å². The van der Waals surface area contributed by atoms with Crippen LogP contribution in [0.2, 0.25) is 0 Å². The summed E-state index contributed by atoms with van der Waals surface area (Å²) < 4.78 is 5.63. The van der Waals surface area contributed by atoms with Crippen molar-refractivity contribution in [2.75, 3.05) is 13.2 Å². The van der Waals surface area contributed by atoms with Crippen LogP contribution >= 0.6 is 0 Å². The van der Waals surface area contributed by atoms with Crippen molar-refractivity contribution in [2.45, 2.75) is 40.0 Å². The van der Waals surface area contributed by atoms with E-state index in [-0.39, 0.29) is 5.91 Å². The molecule has 0 aliphatic carbocycles. The normalized spacial score (nSPS) is 10.2. The lowest BCUT2D eigenvalue weighted by molar-refractivity contribution is -0.121. The van der Waals surface area contributed by atoms with Crippen LogP contribution in [0, 0.1) is 13.8 Å². The molecule has 0 aromatic heterocycles. The Bertz CT molecular complexity index is 388. The second-order valence-electron chi connectivity index (χ2n) is 4.57. The number of amides is 1. The highest BCUT2D eigenvalue weighted by molar-refractivity contribution is 5.75. The fraction of sp³-hybridized carbons (Fsp3) is 0.533. The predicted molar refractivity (Wildman–Crippen MR) is 73.9 cm³/mol. The molecule has 1 rings (SSSR count). The molecule has 3 nitrogen and oxygen atoms in total. The van der Waals surface area contributed by atoms with Crippen LogP contribution in [0.1, 0.15) is 37.3 Å². The summed E-state index contributed by atoms with van der Waals surface area (Å²) >= 11 is 0. The number of aryl methyl sites for hydroxylation is 2. The maximum Gasteiger partial charge on any atom is 0.223 e. The highest BCUT2D eigenvalue weighted by Crippen LogP contribution is 2.19. The van der Waals surface area contributed by atoms with Crippen LogP contribution in [0.25, 0.3) is 0 Å². The third-order valence-electron chi connectivity index (χ3n) is 2.78. The van der Waals surface area contributed by atoms with Gasteiger partial charge in [0.2, 0.25) is 5.91 Å². The molecule has 1 aromatic rings. The van der Waals surface area contributed by atoms with Gasteiger partial charge in [0.15, 0.2) is 0 Å². The highest BCUT2D eigenvalue weighted by Gasteiger charge is 2.03. The largest absolute Gasteiger partial charge is 0.493 e. The number of carbonyl (C=O) groups excluding carboxylic acids is 1. The molecule has 0 spiro atoms. The first kappa shape index (κ1) is 14.6. The van der Waals surface area contributed by atoms with Gasteiger partial charge in [-0.2, -0.15) is 0 Å². The number of carbonyl (C=O) groups is 1. The Morgan fingerprint density at radius 2 is 2.11 bits per heavy atom. The lowest BCUT2D eigenvalue weighted by Gasteiger charge is -2.10. The molecule has 0 heterocycles. The van der Waals surface area contributed by atoms with E-state index >= 15 is 0 Å². The molecule has 0 saturated carbocycles. The molecule has 1 N–H and O–H groups in total. The lowest BCUT2D eigenvalue weighted by atomic mass is 10.1. The van der Waals surface area contributed by atoms with Crippen LogP contribution in [0.3, 0.4) is 0 Å². The Morgan fingerprint density at radius 1 is 1.33 bits per heavy atom. The van der Waals surface area contributed by atoms with Gasteiger partial charge < -0.3 is 10.1 Å². The van der Waals surface area contributed by atoms with Gasteiger partial charge in [-0.1, -0.05) is 25.5 Å². The van der Waals surface area contributed by atoms with Crippen LogP contribution in [-0.4, -0.2) is 19.1 Å². The summed E-state index contributed by atoms with van der Waals surface area (Å²) in [5.74, 6) is 0.935. The van der Waals surface area contributed by atoms with Gasteiger partial charge >= 0.3 is 0 Å². The number of nitrogens with one attached hydrogen (secondary N) is 1. The molecule has 0 aliphatic rings. The molecule has 0 aliphatic heterocycles. The Morgan fingerprint density at radius 3 is 2.83 bits per heavy atom. The summed E-state index contributed by atoms with van der Waals surface area (Å²) in [7, 11) is 0. The summed E-state index contributed by atoms with van der Waals surface area (Å²) in [6.45, 7) is 7.34. The summed E-state index contributed by atoms with van der Waals surface area (Å²) in [4.78, 5) is 11.5. The van der Waals surface area contributed by atoms with E-state index in [0.717, 1.165) is 30.7 Å². The van der Waals surface area contributed by atoms with E-state index in [1.165, 1.54) is 5.56 Å². The van der Waals surface area contributed by atoms with Crippen molar-refractivity contribution in [3.8, 4) is 5.75 Å². The first-order chi connectivity index (χ1) is 8.63. The van der Waals surface area contributed by atoms with E-state index in [2.05, 4.69) is 18.3 Å².